The number of aliphatic hydroxyl groups excluding tert-OH is 2. The average Bonchev–Trinajstić information content (AvgIpc) is 3.20. The summed E-state index contributed by atoms with van der Waals surface area (Å²) in [4.78, 5) is 10.6. The Morgan fingerprint density at radius 2 is 2.00 bits per heavy atom. The van der Waals surface area contributed by atoms with Gasteiger partial charge in [-0.05, 0) is 55.9 Å². The molecule has 0 bridgehead atoms. The second-order valence-corrected chi connectivity index (χ2v) is 7.95. The lowest BCUT2D eigenvalue weighted by Crippen LogP contribution is -2.22. The van der Waals surface area contributed by atoms with Crippen molar-refractivity contribution in [3.8, 4) is 0 Å². The first-order chi connectivity index (χ1) is 11.5. The van der Waals surface area contributed by atoms with E-state index < -0.39 is 12.1 Å². The first-order valence-corrected chi connectivity index (χ1v) is 9.53. The van der Waals surface area contributed by atoms with E-state index in [9.17, 15) is 15.0 Å². The zero-order valence-corrected chi connectivity index (χ0v) is 14.4. The van der Waals surface area contributed by atoms with Gasteiger partial charge < -0.3 is 15.3 Å². The Balaban J connectivity index is 1.55. The van der Waals surface area contributed by atoms with Gasteiger partial charge in [0, 0.05) is 12.3 Å². The van der Waals surface area contributed by atoms with Gasteiger partial charge in [0.05, 0.1) is 11.9 Å². The third-order valence-corrected chi connectivity index (χ3v) is 6.25. The van der Waals surface area contributed by atoms with E-state index in [1.807, 2.05) is 6.08 Å². The van der Waals surface area contributed by atoms with Gasteiger partial charge in [0.25, 0.3) is 0 Å². The van der Waals surface area contributed by atoms with Gasteiger partial charge in [-0.1, -0.05) is 37.3 Å². The molecule has 0 spiro atoms. The Bertz CT molecular complexity index is 516. The first kappa shape index (κ1) is 17.5. The molecule has 4 heteroatoms. The minimum Gasteiger partial charge on any atom is -0.512 e. The molecule has 3 aliphatic carbocycles. The van der Waals surface area contributed by atoms with E-state index in [2.05, 4.69) is 6.08 Å². The summed E-state index contributed by atoms with van der Waals surface area (Å²) in [5.74, 6) is 0.850. The highest BCUT2D eigenvalue weighted by atomic mass is 16.4. The van der Waals surface area contributed by atoms with Crippen LogP contribution in [-0.4, -0.2) is 27.4 Å². The Morgan fingerprint density at radius 1 is 1.25 bits per heavy atom. The summed E-state index contributed by atoms with van der Waals surface area (Å²) < 4.78 is 0. The van der Waals surface area contributed by atoms with E-state index in [1.54, 1.807) is 0 Å². The number of carbonyl (C=O) groups is 1. The number of carboxylic acid groups (broad SMARTS) is 1. The summed E-state index contributed by atoms with van der Waals surface area (Å²) in [5, 5.41) is 29.7. The number of fused-ring (bicyclic) bond motifs is 1. The van der Waals surface area contributed by atoms with Crippen molar-refractivity contribution in [2.45, 2.75) is 70.3 Å². The molecule has 24 heavy (non-hydrogen) atoms. The van der Waals surface area contributed by atoms with Gasteiger partial charge in [0.1, 0.15) is 0 Å². The van der Waals surface area contributed by atoms with Gasteiger partial charge in [-0.25, -0.2) is 0 Å². The van der Waals surface area contributed by atoms with Crippen LogP contribution >= 0.6 is 0 Å². The molecule has 0 heterocycles. The van der Waals surface area contributed by atoms with Crippen molar-refractivity contribution in [1.82, 2.24) is 0 Å². The van der Waals surface area contributed by atoms with Crippen LogP contribution in [0.25, 0.3) is 0 Å². The molecule has 0 unspecified atom stereocenters. The smallest absolute Gasteiger partial charge is 0.303 e. The van der Waals surface area contributed by atoms with Crippen molar-refractivity contribution >= 4 is 5.97 Å². The molecule has 0 radical (unpaired) electrons. The van der Waals surface area contributed by atoms with Gasteiger partial charge in [0.2, 0.25) is 0 Å². The van der Waals surface area contributed by atoms with Crippen LogP contribution in [0.5, 0.6) is 0 Å². The maximum Gasteiger partial charge on any atom is 0.303 e. The molecule has 2 fully saturated rings. The molecule has 4 nitrogen and oxygen atoms in total. The van der Waals surface area contributed by atoms with Gasteiger partial charge in [-0.15, -0.1) is 0 Å². The fourth-order valence-electron chi connectivity index (χ4n) is 5.03. The molecule has 0 aromatic carbocycles. The van der Waals surface area contributed by atoms with Crippen LogP contribution in [0.1, 0.15) is 64.2 Å². The third-order valence-electron chi connectivity index (χ3n) is 6.25. The standard InChI is InChI=1S/C20H30O4/c21-17(9-8-13-4-1-2-5-13)20-16-11-14(6-3-7-19(23)24)10-15(16)12-18(20)22/h9-10,13,15-16,18,20-22H,1-8,11-12H2,(H,23,24)/t15-,16-,18+,20-/m1/s1. The summed E-state index contributed by atoms with van der Waals surface area (Å²) in [6.07, 6.45) is 13.2. The normalized spacial score (nSPS) is 33.7. The molecular formula is C20H30O4. The highest BCUT2D eigenvalue weighted by Gasteiger charge is 2.46. The number of hydrogen-bond donors (Lipinski definition) is 3. The van der Waals surface area contributed by atoms with Crippen LogP contribution in [0.3, 0.4) is 0 Å². The van der Waals surface area contributed by atoms with Crippen molar-refractivity contribution in [1.29, 1.82) is 0 Å². The Hall–Kier alpha value is -1.29. The number of hydrogen-bond acceptors (Lipinski definition) is 3. The van der Waals surface area contributed by atoms with E-state index in [4.69, 9.17) is 5.11 Å². The largest absolute Gasteiger partial charge is 0.512 e. The lowest BCUT2D eigenvalue weighted by molar-refractivity contribution is -0.137. The van der Waals surface area contributed by atoms with Crippen LogP contribution in [0.4, 0.5) is 0 Å². The molecule has 0 amide bonds. The Morgan fingerprint density at radius 3 is 2.71 bits per heavy atom. The lowest BCUT2D eigenvalue weighted by Gasteiger charge is -2.21. The predicted molar refractivity (Wildman–Crippen MR) is 92.6 cm³/mol. The monoisotopic (exact) mass is 334 g/mol. The van der Waals surface area contributed by atoms with Crippen molar-refractivity contribution in [2.75, 3.05) is 0 Å². The first-order valence-electron chi connectivity index (χ1n) is 9.53. The zero-order valence-electron chi connectivity index (χ0n) is 14.4. The van der Waals surface area contributed by atoms with Gasteiger partial charge >= 0.3 is 5.97 Å². The van der Waals surface area contributed by atoms with Crippen LogP contribution in [0.15, 0.2) is 23.5 Å². The summed E-state index contributed by atoms with van der Waals surface area (Å²) >= 11 is 0. The van der Waals surface area contributed by atoms with E-state index in [0.717, 1.165) is 25.7 Å². The predicted octanol–water partition coefficient (Wildman–Crippen LogP) is 4.21. The quantitative estimate of drug-likeness (QED) is 0.481. The number of carboxylic acids is 1. The van der Waals surface area contributed by atoms with Crippen LogP contribution in [-0.2, 0) is 4.79 Å². The number of allylic oxidation sites excluding steroid dienone is 3. The van der Waals surface area contributed by atoms with Crippen LogP contribution in [0.2, 0.25) is 0 Å². The SMILES string of the molecule is O=C(O)CCCC1=C[C@@H]2C[C@H](O)[C@@H](C(O)=CCC3CCCC3)[C@@H]2C1. The van der Waals surface area contributed by atoms with E-state index in [1.165, 1.54) is 31.3 Å². The summed E-state index contributed by atoms with van der Waals surface area (Å²) in [6.45, 7) is 0. The fourth-order valence-corrected chi connectivity index (χ4v) is 5.03. The number of rotatable bonds is 7. The zero-order chi connectivity index (χ0) is 17.1. The van der Waals surface area contributed by atoms with E-state index in [0.29, 0.717) is 29.9 Å². The van der Waals surface area contributed by atoms with E-state index in [-0.39, 0.29) is 12.3 Å². The Kier molecular flexibility index (Phi) is 5.65. The van der Waals surface area contributed by atoms with Crippen LogP contribution in [0, 0.1) is 23.7 Å². The second kappa shape index (κ2) is 7.73. The molecule has 0 aliphatic heterocycles. The summed E-state index contributed by atoms with van der Waals surface area (Å²) in [6, 6.07) is 0. The highest BCUT2D eigenvalue weighted by Crippen LogP contribution is 2.49. The van der Waals surface area contributed by atoms with Crippen molar-refractivity contribution in [3.63, 3.8) is 0 Å². The van der Waals surface area contributed by atoms with Gasteiger partial charge in [-0.2, -0.15) is 0 Å². The summed E-state index contributed by atoms with van der Waals surface area (Å²) in [7, 11) is 0. The molecule has 2 saturated carbocycles. The van der Waals surface area contributed by atoms with Crippen molar-refractivity contribution in [2.24, 2.45) is 23.7 Å². The molecule has 0 saturated heterocycles. The molecule has 0 aromatic heterocycles. The number of aliphatic carboxylic acids is 1. The molecule has 3 N–H and O–H groups in total. The topological polar surface area (TPSA) is 77.8 Å². The fraction of sp³-hybridized carbons (Fsp3) is 0.750. The van der Waals surface area contributed by atoms with Crippen molar-refractivity contribution in [3.05, 3.63) is 23.5 Å². The molecule has 4 atom stereocenters. The van der Waals surface area contributed by atoms with Crippen molar-refractivity contribution < 1.29 is 20.1 Å². The highest BCUT2D eigenvalue weighted by molar-refractivity contribution is 5.66. The Labute approximate surface area is 144 Å². The van der Waals surface area contributed by atoms with Gasteiger partial charge in [-0.3, -0.25) is 4.79 Å². The number of aliphatic hydroxyl groups is 2. The van der Waals surface area contributed by atoms with Gasteiger partial charge in [0.15, 0.2) is 0 Å². The lowest BCUT2D eigenvalue weighted by atomic mass is 9.87. The molecule has 0 aromatic rings. The maximum atomic E-state index is 10.6. The second-order valence-electron chi connectivity index (χ2n) is 7.95. The third kappa shape index (κ3) is 4.02. The molecule has 3 aliphatic rings. The van der Waals surface area contributed by atoms with E-state index >= 15 is 0 Å². The average molecular weight is 334 g/mol. The molecular weight excluding hydrogens is 304 g/mol. The maximum absolute atomic E-state index is 10.6. The van der Waals surface area contributed by atoms with Crippen LogP contribution < -0.4 is 0 Å². The minimum absolute atomic E-state index is 0.135. The minimum atomic E-state index is -0.741. The molecule has 134 valence electrons. The molecule has 3 rings (SSSR count). The summed E-state index contributed by atoms with van der Waals surface area (Å²) in [5.41, 5.74) is 1.31.